The van der Waals surface area contributed by atoms with Gasteiger partial charge in [0, 0.05) is 85.9 Å². The van der Waals surface area contributed by atoms with Gasteiger partial charge in [0.05, 0.1) is 36.1 Å². The van der Waals surface area contributed by atoms with Gasteiger partial charge < -0.3 is 20.0 Å². The second-order valence-electron chi connectivity index (χ2n) is 16.7. The normalized spacial score (nSPS) is 26.1. The summed E-state index contributed by atoms with van der Waals surface area (Å²) in [6, 6.07) is 14.6. The van der Waals surface area contributed by atoms with Crippen LogP contribution in [-0.4, -0.2) is 115 Å². The number of piperidine rings is 2. The third-order valence-electron chi connectivity index (χ3n) is 13.0. The molecule has 0 radical (unpaired) electrons. The van der Waals surface area contributed by atoms with Crippen LogP contribution in [0.25, 0.3) is 11.3 Å². The third kappa shape index (κ3) is 6.68. The van der Waals surface area contributed by atoms with E-state index in [0.717, 1.165) is 67.3 Å². The van der Waals surface area contributed by atoms with Gasteiger partial charge in [-0.15, -0.1) is 0 Å². The number of anilines is 2. The summed E-state index contributed by atoms with van der Waals surface area (Å²) >= 11 is 6.46. The largest absolute Gasteiger partial charge is 0.369 e. The number of amidine groups is 1. The van der Waals surface area contributed by atoms with E-state index in [1.165, 1.54) is 5.56 Å². The van der Waals surface area contributed by atoms with Gasteiger partial charge >= 0.3 is 0 Å². The maximum absolute atomic E-state index is 13.6. The first-order valence-electron chi connectivity index (χ1n) is 20.3. The standard InChI is InChI=1S/C43H44ClFN10O4/c1-46-34-19-37(51-55-36(21-48-39(34)55)41(58)49-33-18-31(33)45)54-14-11-27-26(3-2-4-35(27)54)32-9-6-25(20-47-32)53-22-43(23-53)12-15-52(16-13-43)42(59)24-5-8-30(44)29(17-24)28-7-10-38(56)50-40(28)57/h2-6,8-9,17,19-20,28,31,33,36,51H,7,10-16,18,21-23H2,1H3,(H,49,58)(H,50,56,57)/t28?,31-,33+,36?/m0/s1. The molecule has 3 saturated heterocycles. The van der Waals surface area contributed by atoms with E-state index in [9.17, 15) is 23.6 Å². The number of likely N-dealkylation sites (tertiary alicyclic amines) is 1. The van der Waals surface area contributed by atoms with E-state index in [-0.39, 0.29) is 42.0 Å². The zero-order valence-corrected chi connectivity index (χ0v) is 33.3. The predicted molar refractivity (Wildman–Crippen MR) is 221 cm³/mol. The van der Waals surface area contributed by atoms with Gasteiger partial charge in [-0.3, -0.25) is 49.9 Å². The molecule has 0 bridgehead atoms. The summed E-state index contributed by atoms with van der Waals surface area (Å²) in [6.07, 6.45) is 6.51. The molecule has 2 unspecified atom stereocenters. The number of nitrogens with one attached hydrogen (secondary N) is 3. The average Bonchev–Trinajstić information content (AvgIpc) is 3.55. The number of halogens is 2. The van der Waals surface area contributed by atoms with Gasteiger partial charge in [0.2, 0.25) is 17.7 Å². The molecule has 4 atom stereocenters. The summed E-state index contributed by atoms with van der Waals surface area (Å²) in [6.45, 7) is 4.10. The molecular formula is C43H44ClFN10O4. The van der Waals surface area contributed by atoms with E-state index in [2.05, 4.69) is 60.1 Å². The van der Waals surface area contributed by atoms with Crippen molar-refractivity contribution in [2.75, 3.05) is 56.1 Å². The topological polar surface area (TPSA) is 155 Å². The number of imide groups is 1. The van der Waals surface area contributed by atoms with Crippen LogP contribution in [0.3, 0.4) is 0 Å². The Hall–Kier alpha value is -5.83. The Kier molecular flexibility index (Phi) is 9.18. The van der Waals surface area contributed by atoms with Gasteiger partial charge in [-0.2, -0.15) is 0 Å². The SMILES string of the molecule is CN=C1C=C(N2CCc3c(-c4ccc(N5CC6(CCN(C(=O)c7ccc(Cl)c(C8CCC(=O)NC8=O)c7)CC6)C5)cn4)cccc32)NN2C1=NCC2C(=O)N[C@@H]1C[C@@H]1F. The molecule has 16 heteroatoms. The first kappa shape index (κ1) is 37.4. The second-order valence-corrected chi connectivity index (χ2v) is 17.1. The van der Waals surface area contributed by atoms with E-state index in [1.54, 1.807) is 30.3 Å². The van der Waals surface area contributed by atoms with Crippen LogP contribution >= 0.6 is 11.6 Å². The van der Waals surface area contributed by atoms with Crippen LogP contribution < -0.4 is 25.9 Å². The van der Waals surface area contributed by atoms with Gasteiger partial charge in [-0.05, 0) is 73.2 Å². The zero-order valence-electron chi connectivity index (χ0n) is 32.6. The van der Waals surface area contributed by atoms with Crippen molar-refractivity contribution in [2.24, 2.45) is 15.4 Å². The van der Waals surface area contributed by atoms with Crippen LogP contribution in [0, 0.1) is 5.41 Å². The number of pyridine rings is 1. The minimum atomic E-state index is -0.981. The summed E-state index contributed by atoms with van der Waals surface area (Å²) in [5.74, 6) is -0.139. The molecule has 3 N–H and O–H groups in total. The highest BCUT2D eigenvalue weighted by atomic mass is 35.5. The van der Waals surface area contributed by atoms with Crippen LogP contribution in [-0.2, 0) is 20.8 Å². The lowest BCUT2D eigenvalue weighted by atomic mass is 9.71. The number of benzene rings is 2. The molecule has 10 rings (SSSR count). The number of hydrogen-bond donors (Lipinski definition) is 3. The van der Waals surface area contributed by atoms with Crippen molar-refractivity contribution in [2.45, 2.75) is 62.7 Å². The van der Waals surface area contributed by atoms with Crippen molar-refractivity contribution >= 4 is 58.2 Å². The molecule has 1 aromatic heterocycles. The Bertz CT molecular complexity index is 2370. The lowest BCUT2D eigenvalue weighted by molar-refractivity contribution is -0.134. The maximum Gasteiger partial charge on any atom is 0.253 e. The van der Waals surface area contributed by atoms with Crippen LogP contribution in [0.5, 0.6) is 0 Å². The van der Waals surface area contributed by atoms with Gasteiger partial charge in [0.25, 0.3) is 5.91 Å². The number of amides is 4. The predicted octanol–water partition coefficient (Wildman–Crippen LogP) is 3.77. The molecule has 1 spiro atoms. The number of hydrogen-bond acceptors (Lipinski definition) is 11. The first-order chi connectivity index (χ1) is 28.6. The van der Waals surface area contributed by atoms with Crippen LogP contribution in [0.4, 0.5) is 15.8 Å². The Balaban J connectivity index is 0.771. The minimum absolute atomic E-state index is 0.0710. The minimum Gasteiger partial charge on any atom is -0.369 e. The van der Waals surface area contributed by atoms with E-state index in [1.807, 2.05) is 23.2 Å². The lowest BCUT2D eigenvalue weighted by Gasteiger charge is -2.55. The number of rotatable bonds is 7. The molecule has 1 aliphatic carbocycles. The van der Waals surface area contributed by atoms with Crippen molar-refractivity contribution in [1.29, 1.82) is 0 Å². The number of nitrogens with zero attached hydrogens (tertiary/aromatic N) is 7. The van der Waals surface area contributed by atoms with E-state index in [0.29, 0.717) is 53.6 Å². The maximum atomic E-state index is 13.6. The van der Waals surface area contributed by atoms with Crippen molar-refractivity contribution in [3.63, 3.8) is 0 Å². The summed E-state index contributed by atoms with van der Waals surface area (Å²) in [5.41, 5.74) is 10.6. The summed E-state index contributed by atoms with van der Waals surface area (Å²) in [4.78, 5) is 71.4. The molecule has 6 aliphatic heterocycles. The fourth-order valence-corrected chi connectivity index (χ4v) is 9.73. The first-order valence-corrected chi connectivity index (χ1v) is 20.7. The molecule has 4 amide bonds. The highest BCUT2D eigenvalue weighted by molar-refractivity contribution is 6.47. The summed E-state index contributed by atoms with van der Waals surface area (Å²) < 4.78 is 13.6. The summed E-state index contributed by atoms with van der Waals surface area (Å²) in [7, 11) is 1.71. The molecule has 1 saturated carbocycles. The van der Waals surface area contributed by atoms with Crippen molar-refractivity contribution in [3.05, 3.63) is 88.3 Å². The number of aliphatic imine (C=N–C) groups is 2. The highest BCUT2D eigenvalue weighted by Gasteiger charge is 2.47. The summed E-state index contributed by atoms with van der Waals surface area (Å²) in [5, 5.41) is 7.37. The fourth-order valence-electron chi connectivity index (χ4n) is 9.48. The third-order valence-corrected chi connectivity index (χ3v) is 13.3. The van der Waals surface area contributed by atoms with E-state index < -0.39 is 24.2 Å². The number of aromatic nitrogens is 1. The van der Waals surface area contributed by atoms with Gasteiger partial charge in [-0.25, -0.2) is 4.39 Å². The Morgan fingerprint density at radius 1 is 1.05 bits per heavy atom. The Labute approximate surface area is 345 Å². The van der Waals surface area contributed by atoms with Gasteiger partial charge in [-0.1, -0.05) is 23.7 Å². The number of carbonyl (C=O) groups excluding carboxylic acids is 4. The monoisotopic (exact) mass is 818 g/mol. The number of hydrazine groups is 1. The molecule has 59 heavy (non-hydrogen) atoms. The molecular weight excluding hydrogens is 775 g/mol. The Morgan fingerprint density at radius 3 is 2.59 bits per heavy atom. The molecule has 3 aromatic rings. The van der Waals surface area contributed by atoms with Crippen LogP contribution in [0.2, 0.25) is 5.02 Å². The lowest BCUT2D eigenvalue weighted by Crippen LogP contribution is -2.61. The molecule has 4 fully saturated rings. The van der Waals surface area contributed by atoms with Crippen molar-refractivity contribution in [3.8, 4) is 11.3 Å². The number of carbonyl (C=O) groups is 4. The molecule has 304 valence electrons. The van der Waals surface area contributed by atoms with Crippen molar-refractivity contribution < 1.29 is 23.6 Å². The van der Waals surface area contributed by atoms with E-state index in [4.69, 9.17) is 16.6 Å². The number of alkyl halides is 1. The van der Waals surface area contributed by atoms with Crippen molar-refractivity contribution in [1.82, 2.24) is 31.0 Å². The zero-order chi connectivity index (χ0) is 40.6. The van der Waals surface area contributed by atoms with Crippen LogP contribution in [0.1, 0.15) is 59.5 Å². The number of fused-ring (bicyclic) bond motifs is 2. The highest BCUT2D eigenvalue weighted by Crippen LogP contribution is 2.44. The Morgan fingerprint density at radius 2 is 1.86 bits per heavy atom. The molecule has 7 aliphatic rings. The fraction of sp³-hybridized carbons (Fsp3) is 0.419. The second kappa shape index (κ2) is 14.5. The van der Waals surface area contributed by atoms with Crippen LogP contribution in [0.15, 0.2) is 76.6 Å². The molecule has 7 heterocycles. The molecule has 14 nitrogen and oxygen atoms in total. The quantitative estimate of drug-likeness (QED) is 0.303. The average molecular weight is 819 g/mol. The van der Waals surface area contributed by atoms with Gasteiger partial charge in [0.15, 0.2) is 5.84 Å². The molecule has 2 aromatic carbocycles. The smallest absolute Gasteiger partial charge is 0.253 e. The van der Waals surface area contributed by atoms with Gasteiger partial charge in [0.1, 0.15) is 23.7 Å². The van der Waals surface area contributed by atoms with E-state index >= 15 is 0 Å².